The van der Waals surface area contributed by atoms with Crippen LogP contribution in [0.3, 0.4) is 0 Å². The molecular formula is C17H21N3O2. The van der Waals surface area contributed by atoms with Crippen molar-refractivity contribution >= 4 is 17.6 Å². The summed E-state index contributed by atoms with van der Waals surface area (Å²) in [6, 6.07) is 5.54. The molecule has 1 heterocycles. The van der Waals surface area contributed by atoms with E-state index >= 15 is 0 Å². The van der Waals surface area contributed by atoms with E-state index < -0.39 is 0 Å². The standard InChI is InChI=1S/C17H21N3O2/c1-12-14(16(21)19-13-6-3-2-4-7-13)8-5-9-15(12)20-11-10-18-17(20)22/h3,5-6,8-9,13H,2,4,7,10-11H2,1H3,(H,18,22)(H,19,21)/t13-/m1/s1. The first kappa shape index (κ1) is 14.6. The molecule has 3 rings (SSSR count). The molecule has 0 radical (unpaired) electrons. The molecular weight excluding hydrogens is 278 g/mol. The van der Waals surface area contributed by atoms with E-state index in [1.54, 1.807) is 4.90 Å². The fourth-order valence-corrected chi connectivity index (χ4v) is 3.04. The Morgan fingerprint density at radius 3 is 2.95 bits per heavy atom. The molecule has 2 aliphatic rings. The Balaban J connectivity index is 1.81. The van der Waals surface area contributed by atoms with Gasteiger partial charge in [0.25, 0.3) is 5.91 Å². The molecule has 0 spiro atoms. The summed E-state index contributed by atoms with van der Waals surface area (Å²) in [5, 5.41) is 5.85. The number of anilines is 1. The van der Waals surface area contributed by atoms with Gasteiger partial charge in [0.2, 0.25) is 0 Å². The number of benzene rings is 1. The molecule has 1 saturated heterocycles. The van der Waals surface area contributed by atoms with E-state index in [0.29, 0.717) is 18.7 Å². The maximum Gasteiger partial charge on any atom is 0.322 e. The minimum absolute atomic E-state index is 0.0736. The van der Waals surface area contributed by atoms with Gasteiger partial charge in [-0.25, -0.2) is 4.79 Å². The van der Waals surface area contributed by atoms with Crippen molar-refractivity contribution in [3.05, 3.63) is 41.5 Å². The third-order valence-corrected chi connectivity index (χ3v) is 4.27. The molecule has 0 aromatic heterocycles. The molecule has 5 heteroatoms. The number of hydrogen-bond acceptors (Lipinski definition) is 2. The second kappa shape index (κ2) is 6.22. The van der Waals surface area contributed by atoms with Gasteiger partial charge in [0.15, 0.2) is 0 Å². The Labute approximate surface area is 130 Å². The first-order valence-electron chi connectivity index (χ1n) is 7.79. The topological polar surface area (TPSA) is 61.4 Å². The van der Waals surface area contributed by atoms with Crippen molar-refractivity contribution in [2.24, 2.45) is 0 Å². The predicted molar refractivity (Wildman–Crippen MR) is 86.2 cm³/mol. The number of carbonyl (C=O) groups excluding carboxylic acids is 2. The van der Waals surface area contributed by atoms with Crippen LogP contribution in [-0.4, -0.2) is 31.1 Å². The van der Waals surface area contributed by atoms with Gasteiger partial charge in [0, 0.05) is 30.4 Å². The van der Waals surface area contributed by atoms with E-state index in [1.807, 2.05) is 25.1 Å². The molecule has 1 aliphatic carbocycles. The van der Waals surface area contributed by atoms with Crippen LogP contribution in [0.2, 0.25) is 0 Å². The van der Waals surface area contributed by atoms with Crippen LogP contribution >= 0.6 is 0 Å². The van der Waals surface area contributed by atoms with Gasteiger partial charge in [-0.2, -0.15) is 0 Å². The van der Waals surface area contributed by atoms with E-state index in [2.05, 4.69) is 22.8 Å². The molecule has 3 amide bonds. The minimum Gasteiger partial charge on any atom is -0.346 e. The van der Waals surface area contributed by atoms with Gasteiger partial charge in [-0.1, -0.05) is 18.2 Å². The maximum absolute atomic E-state index is 12.5. The van der Waals surface area contributed by atoms with E-state index in [1.165, 1.54) is 0 Å². The van der Waals surface area contributed by atoms with Crippen LogP contribution in [-0.2, 0) is 0 Å². The monoisotopic (exact) mass is 299 g/mol. The largest absolute Gasteiger partial charge is 0.346 e. The van der Waals surface area contributed by atoms with Crippen molar-refractivity contribution < 1.29 is 9.59 Å². The number of allylic oxidation sites excluding steroid dienone is 1. The second-order valence-electron chi connectivity index (χ2n) is 5.77. The van der Waals surface area contributed by atoms with Crippen LogP contribution in [0.15, 0.2) is 30.4 Å². The Morgan fingerprint density at radius 2 is 2.27 bits per heavy atom. The fraction of sp³-hybridized carbons (Fsp3) is 0.412. The molecule has 1 fully saturated rings. The zero-order valence-corrected chi connectivity index (χ0v) is 12.8. The van der Waals surface area contributed by atoms with Crippen LogP contribution in [0.25, 0.3) is 0 Å². The number of nitrogens with zero attached hydrogens (tertiary/aromatic N) is 1. The summed E-state index contributed by atoms with van der Waals surface area (Å²) in [4.78, 5) is 26.0. The zero-order chi connectivity index (χ0) is 15.5. The smallest absolute Gasteiger partial charge is 0.322 e. The summed E-state index contributed by atoms with van der Waals surface area (Å²) in [5.74, 6) is -0.0736. The SMILES string of the molecule is Cc1c(C(=O)N[C@@H]2C=CCCC2)cccc1N1CCNC1=O. The Bertz CT molecular complexity index is 624. The van der Waals surface area contributed by atoms with Crippen LogP contribution in [0.1, 0.15) is 35.2 Å². The third-order valence-electron chi connectivity index (χ3n) is 4.27. The van der Waals surface area contributed by atoms with Crippen molar-refractivity contribution in [3.63, 3.8) is 0 Å². The van der Waals surface area contributed by atoms with Gasteiger partial charge in [-0.3, -0.25) is 9.69 Å². The Hall–Kier alpha value is -2.30. The van der Waals surface area contributed by atoms with Crippen molar-refractivity contribution in [2.75, 3.05) is 18.0 Å². The summed E-state index contributed by atoms with van der Waals surface area (Å²) in [5.41, 5.74) is 2.29. The third kappa shape index (κ3) is 2.84. The number of hydrogen-bond donors (Lipinski definition) is 2. The highest BCUT2D eigenvalue weighted by molar-refractivity contribution is 6.00. The van der Waals surface area contributed by atoms with Gasteiger partial charge < -0.3 is 10.6 Å². The van der Waals surface area contributed by atoms with E-state index in [4.69, 9.17) is 0 Å². The van der Waals surface area contributed by atoms with Crippen LogP contribution in [0, 0.1) is 6.92 Å². The molecule has 116 valence electrons. The van der Waals surface area contributed by atoms with E-state index in [-0.39, 0.29) is 18.0 Å². The van der Waals surface area contributed by atoms with Crippen LogP contribution < -0.4 is 15.5 Å². The molecule has 1 aliphatic heterocycles. The van der Waals surface area contributed by atoms with Crippen molar-refractivity contribution in [1.82, 2.24) is 10.6 Å². The highest BCUT2D eigenvalue weighted by Crippen LogP contribution is 2.25. The Kier molecular flexibility index (Phi) is 4.13. The average molecular weight is 299 g/mol. The van der Waals surface area contributed by atoms with Gasteiger partial charge >= 0.3 is 6.03 Å². The summed E-state index contributed by atoms with van der Waals surface area (Å²) >= 11 is 0. The molecule has 22 heavy (non-hydrogen) atoms. The van der Waals surface area contributed by atoms with Gasteiger partial charge in [0.1, 0.15) is 0 Å². The molecule has 2 N–H and O–H groups in total. The summed E-state index contributed by atoms with van der Waals surface area (Å²) < 4.78 is 0. The first-order valence-corrected chi connectivity index (χ1v) is 7.79. The van der Waals surface area contributed by atoms with Crippen LogP contribution in [0.5, 0.6) is 0 Å². The van der Waals surface area contributed by atoms with E-state index in [0.717, 1.165) is 30.5 Å². The highest BCUT2D eigenvalue weighted by Gasteiger charge is 2.24. The summed E-state index contributed by atoms with van der Waals surface area (Å²) in [6.07, 6.45) is 7.36. The second-order valence-corrected chi connectivity index (χ2v) is 5.77. The van der Waals surface area contributed by atoms with E-state index in [9.17, 15) is 9.59 Å². The Morgan fingerprint density at radius 1 is 1.41 bits per heavy atom. The van der Waals surface area contributed by atoms with Gasteiger partial charge in [-0.15, -0.1) is 0 Å². The molecule has 1 atom stereocenters. The lowest BCUT2D eigenvalue weighted by atomic mass is 10.0. The number of rotatable bonds is 3. The quantitative estimate of drug-likeness (QED) is 0.842. The highest BCUT2D eigenvalue weighted by atomic mass is 16.2. The summed E-state index contributed by atoms with van der Waals surface area (Å²) in [6.45, 7) is 3.17. The zero-order valence-electron chi connectivity index (χ0n) is 12.8. The van der Waals surface area contributed by atoms with Crippen molar-refractivity contribution in [1.29, 1.82) is 0 Å². The number of nitrogens with one attached hydrogen (secondary N) is 2. The lowest BCUT2D eigenvalue weighted by Crippen LogP contribution is -2.35. The summed E-state index contributed by atoms with van der Waals surface area (Å²) in [7, 11) is 0. The molecule has 0 saturated carbocycles. The predicted octanol–water partition coefficient (Wildman–Crippen LogP) is 2.36. The van der Waals surface area contributed by atoms with Gasteiger partial charge in [0.05, 0.1) is 0 Å². The lowest BCUT2D eigenvalue weighted by Gasteiger charge is -2.21. The molecule has 0 unspecified atom stereocenters. The molecule has 1 aromatic carbocycles. The maximum atomic E-state index is 12.5. The minimum atomic E-state index is -0.101. The van der Waals surface area contributed by atoms with Crippen molar-refractivity contribution in [3.8, 4) is 0 Å². The molecule has 1 aromatic rings. The fourth-order valence-electron chi connectivity index (χ4n) is 3.04. The average Bonchev–Trinajstić information content (AvgIpc) is 2.94. The number of carbonyl (C=O) groups is 2. The van der Waals surface area contributed by atoms with Crippen LogP contribution in [0.4, 0.5) is 10.5 Å². The number of amides is 3. The normalized spacial score (nSPS) is 20.9. The molecule has 5 nitrogen and oxygen atoms in total. The van der Waals surface area contributed by atoms with Gasteiger partial charge in [-0.05, 0) is 43.9 Å². The first-order chi connectivity index (χ1) is 10.7. The lowest BCUT2D eigenvalue weighted by molar-refractivity contribution is 0.0941. The number of urea groups is 1. The molecule has 0 bridgehead atoms. The van der Waals surface area contributed by atoms with Crippen molar-refractivity contribution in [2.45, 2.75) is 32.2 Å².